The first-order valence-corrected chi connectivity index (χ1v) is 6.03. The zero-order valence-electron chi connectivity index (χ0n) is 11.9. The third kappa shape index (κ3) is 3.78. The van der Waals surface area contributed by atoms with E-state index in [0.717, 1.165) is 13.2 Å². The molecule has 0 aliphatic rings. The number of primary amides is 1. The number of carbonyl (C=O) groups excluding carboxylic acids is 3. The van der Waals surface area contributed by atoms with Crippen LogP contribution in [0.2, 0.25) is 0 Å². The molecule has 0 heterocycles. The molecule has 0 bridgehead atoms. The Balaban J connectivity index is 3.16. The number of rotatable bonds is 7. The van der Waals surface area contributed by atoms with Crippen molar-refractivity contribution in [3.8, 4) is 5.75 Å². The van der Waals surface area contributed by atoms with Crippen LogP contribution >= 0.6 is 0 Å². The molecule has 1 atom stereocenters. The lowest BCUT2D eigenvalue weighted by Crippen LogP contribution is -2.48. The van der Waals surface area contributed by atoms with Crippen LogP contribution in [0.5, 0.6) is 5.75 Å². The highest BCUT2D eigenvalue weighted by atomic mass is 16.6. The first-order chi connectivity index (χ1) is 10.2. The Kier molecular flexibility index (Phi) is 5.17. The Morgan fingerprint density at radius 3 is 2.55 bits per heavy atom. The lowest BCUT2D eigenvalue weighted by atomic mass is 10.0. The van der Waals surface area contributed by atoms with Crippen molar-refractivity contribution in [3.05, 3.63) is 33.9 Å². The number of esters is 1. The molecule has 9 heteroatoms. The van der Waals surface area contributed by atoms with E-state index in [1.807, 2.05) is 0 Å². The van der Waals surface area contributed by atoms with Crippen LogP contribution < -0.4 is 10.5 Å². The van der Waals surface area contributed by atoms with Gasteiger partial charge in [0.05, 0.1) is 30.1 Å². The molecule has 0 fully saturated rings. The summed E-state index contributed by atoms with van der Waals surface area (Å²) >= 11 is 0. The minimum absolute atomic E-state index is 0.0810. The van der Waals surface area contributed by atoms with E-state index in [9.17, 15) is 24.5 Å². The van der Waals surface area contributed by atoms with Crippen molar-refractivity contribution in [1.29, 1.82) is 0 Å². The van der Waals surface area contributed by atoms with Gasteiger partial charge in [0.1, 0.15) is 5.75 Å². The Morgan fingerprint density at radius 2 is 2.09 bits per heavy atom. The standard InChI is InChI=1S/C13H14N2O7/c1-13(12(14)18,6-11(17)21-2)22-9-4-3-8(7-16)10(5-9)15(19)20/h3-5,7H,6H2,1-2H3,(H2,14,18). The minimum Gasteiger partial charge on any atom is -0.477 e. The molecule has 0 saturated carbocycles. The molecule has 0 saturated heterocycles. The number of ether oxygens (including phenoxy) is 2. The molecule has 0 aliphatic heterocycles. The number of nitrogens with zero attached hydrogens (tertiary/aromatic N) is 1. The van der Waals surface area contributed by atoms with Gasteiger partial charge in [-0.05, 0) is 19.1 Å². The van der Waals surface area contributed by atoms with E-state index < -0.39 is 34.5 Å². The number of amides is 1. The van der Waals surface area contributed by atoms with E-state index in [-0.39, 0.29) is 11.3 Å². The van der Waals surface area contributed by atoms with Gasteiger partial charge in [-0.25, -0.2) is 0 Å². The molecule has 118 valence electrons. The van der Waals surface area contributed by atoms with Crippen molar-refractivity contribution >= 4 is 23.9 Å². The maximum Gasteiger partial charge on any atom is 0.310 e. The number of carbonyl (C=O) groups is 3. The first-order valence-electron chi connectivity index (χ1n) is 6.03. The smallest absolute Gasteiger partial charge is 0.310 e. The average molecular weight is 310 g/mol. The lowest BCUT2D eigenvalue weighted by Gasteiger charge is -2.26. The maximum atomic E-state index is 11.5. The van der Waals surface area contributed by atoms with E-state index in [0.29, 0.717) is 6.29 Å². The summed E-state index contributed by atoms with van der Waals surface area (Å²) < 4.78 is 9.78. The van der Waals surface area contributed by atoms with Gasteiger partial charge in [0.2, 0.25) is 0 Å². The van der Waals surface area contributed by atoms with Crippen LogP contribution in [0.25, 0.3) is 0 Å². The molecular weight excluding hydrogens is 296 g/mol. The molecule has 0 aromatic heterocycles. The number of hydrogen-bond acceptors (Lipinski definition) is 7. The first kappa shape index (κ1) is 17.1. The summed E-state index contributed by atoms with van der Waals surface area (Å²) in [5.41, 5.74) is 2.83. The zero-order valence-corrected chi connectivity index (χ0v) is 11.9. The van der Waals surface area contributed by atoms with Gasteiger partial charge in [-0.15, -0.1) is 0 Å². The van der Waals surface area contributed by atoms with Crippen molar-refractivity contribution in [2.45, 2.75) is 18.9 Å². The fourth-order valence-electron chi connectivity index (χ4n) is 1.63. The summed E-state index contributed by atoms with van der Waals surface area (Å²) in [4.78, 5) is 43.7. The van der Waals surface area contributed by atoms with Crippen LogP contribution in [0.15, 0.2) is 18.2 Å². The van der Waals surface area contributed by atoms with Crippen molar-refractivity contribution in [1.82, 2.24) is 0 Å². The van der Waals surface area contributed by atoms with Gasteiger partial charge in [0.15, 0.2) is 11.9 Å². The molecule has 1 unspecified atom stereocenters. The average Bonchev–Trinajstić information content (AvgIpc) is 2.46. The van der Waals surface area contributed by atoms with Gasteiger partial charge in [0.25, 0.3) is 11.6 Å². The van der Waals surface area contributed by atoms with E-state index in [4.69, 9.17) is 10.5 Å². The van der Waals surface area contributed by atoms with E-state index in [1.54, 1.807) is 0 Å². The Morgan fingerprint density at radius 1 is 1.45 bits per heavy atom. The number of nitrogens with two attached hydrogens (primary N) is 1. The molecule has 0 spiro atoms. The number of hydrogen-bond donors (Lipinski definition) is 1. The monoisotopic (exact) mass is 310 g/mol. The van der Waals surface area contributed by atoms with E-state index in [1.165, 1.54) is 19.1 Å². The second kappa shape index (κ2) is 6.66. The van der Waals surface area contributed by atoms with Crippen LogP contribution in [-0.4, -0.2) is 35.8 Å². The fourth-order valence-corrected chi connectivity index (χ4v) is 1.63. The Labute approximate surface area is 125 Å². The van der Waals surface area contributed by atoms with Crippen molar-refractivity contribution in [2.24, 2.45) is 5.73 Å². The molecule has 1 aromatic carbocycles. The summed E-state index contributed by atoms with van der Waals surface area (Å²) in [7, 11) is 1.13. The van der Waals surface area contributed by atoms with Crippen LogP contribution in [0.3, 0.4) is 0 Å². The lowest BCUT2D eigenvalue weighted by molar-refractivity contribution is -0.385. The summed E-state index contributed by atoms with van der Waals surface area (Å²) in [5.74, 6) is -1.76. The Hall–Kier alpha value is -2.97. The largest absolute Gasteiger partial charge is 0.477 e. The van der Waals surface area contributed by atoms with Gasteiger partial charge in [-0.3, -0.25) is 24.5 Å². The van der Waals surface area contributed by atoms with Gasteiger partial charge in [-0.2, -0.15) is 0 Å². The number of aldehydes is 1. The van der Waals surface area contributed by atoms with Crippen molar-refractivity contribution in [3.63, 3.8) is 0 Å². The number of methoxy groups -OCH3 is 1. The highest BCUT2D eigenvalue weighted by molar-refractivity contribution is 5.88. The number of benzene rings is 1. The van der Waals surface area contributed by atoms with Crippen LogP contribution in [0.4, 0.5) is 5.69 Å². The number of nitro groups is 1. The predicted molar refractivity (Wildman–Crippen MR) is 73.3 cm³/mol. The third-order valence-corrected chi connectivity index (χ3v) is 2.90. The zero-order chi connectivity index (χ0) is 16.9. The second-order valence-corrected chi connectivity index (χ2v) is 4.55. The highest BCUT2D eigenvalue weighted by Gasteiger charge is 2.37. The molecule has 22 heavy (non-hydrogen) atoms. The molecule has 1 rings (SSSR count). The molecule has 1 amide bonds. The van der Waals surface area contributed by atoms with Gasteiger partial charge in [0, 0.05) is 0 Å². The Bertz CT molecular complexity index is 629. The number of nitro benzene ring substituents is 1. The van der Waals surface area contributed by atoms with E-state index >= 15 is 0 Å². The highest BCUT2D eigenvalue weighted by Crippen LogP contribution is 2.27. The molecule has 9 nitrogen and oxygen atoms in total. The quantitative estimate of drug-likeness (QED) is 0.336. The second-order valence-electron chi connectivity index (χ2n) is 4.55. The summed E-state index contributed by atoms with van der Waals surface area (Å²) in [6.07, 6.45) is -0.147. The van der Waals surface area contributed by atoms with Crippen molar-refractivity contribution in [2.75, 3.05) is 7.11 Å². The molecule has 1 aromatic rings. The molecular formula is C13H14N2O7. The van der Waals surface area contributed by atoms with Crippen LogP contribution in [0.1, 0.15) is 23.7 Å². The summed E-state index contributed by atoms with van der Waals surface area (Å²) in [6, 6.07) is 3.40. The van der Waals surface area contributed by atoms with Crippen LogP contribution in [-0.2, 0) is 14.3 Å². The predicted octanol–water partition coefficient (Wildman–Crippen LogP) is 0.593. The third-order valence-electron chi connectivity index (χ3n) is 2.90. The molecule has 0 aliphatic carbocycles. The SMILES string of the molecule is COC(=O)CC(C)(Oc1ccc(C=O)c([N+](=O)[O-])c1)C(N)=O. The maximum absolute atomic E-state index is 11.5. The molecule has 0 radical (unpaired) electrons. The molecule has 2 N–H and O–H groups in total. The van der Waals surface area contributed by atoms with Gasteiger partial charge in [-0.1, -0.05) is 0 Å². The minimum atomic E-state index is -1.75. The van der Waals surface area contributed by atoms with E-state index in [2.05, 4.69) is 4.74 Å². The summed E-state index contributed by atoms with van der Waals surface area (Å²) in [6.45, 7) is 1.26. The fraction of sp³-hybridized carbons (Fsp3) is 0.308. The van der Waals surface area contributed by atoms with Gasteiger partial charge < -0.3 is 15.2 Å². The normalized spacial score (nSPS) is 12.8. The van der Waals surface area contributed by atoms with Crippen LogP contribution in [0, 0.1) is 10.1 Å². The van der Waals surface area contributed by atoms with Gasteiger partial charge >= 0.3 is 5.97 Å². The topological polar surface area (TPSA) is 139 Å². The van der Waals surface area contributed by atoms with Crippen molar-refractivity contribution < 1.29 is 28.8 Å². The summed E-state index contributed by atoms with van der Waals surface area (Å²) in [5, 5.41) is 10.9.